The Morgan fingerprint density at radius 1 is 1.07 bits per heavy atom. The van der Waals surface area contributed by atoms with Gasteiger partial charge in [-0.2, -0.15) is 0 Å². The van der Waals surface area contributed by atoms with Gasteiger partial charge in [-0.05, 0) is 18.2 Å². The second-order valence-corrected chi connectivity index (χ2v) is 2.74. The molecule has 0 atom stereocenters. The van der Waals surface area contributed by atoms with Gasteiger partial charge in [-0.1, -0.05) is 0 Å². The van der Waals surface area contributed by atoms with E-state index in [1.165, 1.54) is 12.3 Å². The molecule has 0 aliphatic carbocycles. The molecule has 0 radical (unpaired) electrons. The van der Waals surface area contributed by atoms with Gasteiger partial charge in [0.15, 0.2) is 0 Å². The Labute approximate surface area is 82.5 Å². The average molecular weight is 214 g/mol. The number of halogens is 3. The van der Waals surface area contributed by atoms with Crippen LogP contribution in [0.15, 0.2) is 30.5 Å². The van der Waals surface area contributed by atoms with Crippen LogP contribution in [0, 0.1) is 0 Å². The van der Waals surface area contributed by atoms with Gasteiger partial charge in [-0.3, -0.25) is 4.98 Å². The molecule has 2 aromatic rings. The molecule has 0 bridgehead atoms. The minimum absolute atomic E-state index is 0.360. The summed E-state index contributed by atoms with van der Waals surface area (Å²) in [6, 6.07) is 5.70. The summed E-state index contributed by atoms with van der Waals surface area (Å²) >= 11 is 0. The summed E-state index contributed by atoms with van der Waals surface area (Å²) in [6.45, 7) is 0. The van der Waals surface area contributed by atoms with Crippen molar-refractivity contribution in [3.63, 3.8) is 0 Å². The predicted octanol–water partition coefficient (Wildman–Crippen LogP) is 2.53. The zero-order chi connectivity index (χ0) is 10.9. The van der Waals surface area contributed by atoms with Gasteiger partial charge in [0.1, 0.15) is 0 Å². The monoisotopic (exact) mass is 214 g/mol. The molecule has 0 amide bonds. The first-order valence-electron chi connectivity index (χ1n) is 4.02. The summed E-state index contributed by atoms with van der Waals surface area (Å²) in [6.07, 6.45) is -3.18. The van der Waals surface area contributed by atoms with Crippen molar-refractivity contribution in [2.45, 2.75) is 6.36 Å². The molecule has 0 aliphatic rings. The van der Waals surface area contributed by atoms with E-state index < -0.39 is 12.2 Å². The van der Waals surface area contributed by atoms with Crippen LogP contribution in [-0.4, -0.2) is 16.3 Å². The van der Waals surface area contributed by atoms with E-state index in [-0.39, 0.29) is 0 Å². The van der Waals surface area contributed by atoms with Crippen molar-refractivity contribution in [1.29, 1.82) is 0 Å². The van der Waals surface area contributed by atoms with E-state index in [2.05, 4.69) is 14.7 Å². The Balaban J connectivity index is 2.39. The zero-order valence-electron chi connectivity index (χ0n) is 7.32. The van der Waals surface area contributed by atoms with Gasteiger partial charge in [0, 0.05) is 12.3 Å². The maximum Gasteiger partial charge on any atom is 0.574 e. The number of ether oxygens (including phenoxy) is 1. The number of pyridine rings is 2. The van der Waals surface area contributed by atoms with Gasteiger partial charge in [0.25, 0.3) is 0 Å². The number of hydrogen-bond acceptors (Lipinski definition) is 3. The lowest BCUT2D eigenvalue weighted by Crippen LogP contribution is -2.17. The largest absolute Gasteiger partial charge is 0.574 e. The van der Waals surface area contributed by atoms with E-state index in [0.717, 1.165) is 6.07 Å². The molecule has 15 heavy (non-hydrogen) atoms. The first-order valence-corrected chi connectivity index (χ1v) is 4.02. The molecule has 2 aromatic heterocycles. The molecule has 0 saturated carbocycles. The Hall–Kier alpha value is -1.85. The third-order valence-electron chi connectivity index (χ3n) is 1.65. The summed E-state index contributed by atoms with van der Waals surface area (Å²) in [5, 5.41) is 0. The zero-order valence-corrected chi connectivity index (χ0v) is 7.32. The molecule has 6 heteroatoms. The lowest BCUT2D eigenvalue weighted by Gasteiger charge is -2.07. The van der Waals surface area contributed by atoms with Crippen molar-refractivity contribution >= 4 is 11.0 Å². The topological polar surface area (TPSA) is 35.0 Å². The third kappa shape index (κ3) is 2.34. The van der Waals surface area contributed by atoms with Gasteiger partial charge in [0.2, 0.25) is 5.88 Å². The predicted molar refractivity (Wildman–Crippen MR) is 46.2 cm³/mol. The van der Waals surface area contributed by atoms with Crippen LogP contribution in [0.2, 0.25) is 0 Å². The molecule has 0 saturated heterocycles. The number of nitrogens with zero attached hydrogens (tertiary/aromatic N) is 2. The van der Waals surface area contributed by atoms with Crippen LogP contribution in [0.4, 0.5) is 13.2 Å². The van der Waals surface area contributed by atoms with Crippen molar-refractivity contribution in [2.24, 2.45) is 0 Å². The fourth-order valence-electron chi connectivity index (χ4n) is 1.11. The molecule has 0 aromatic carbocycles. The first kappa shape index (κ1) is 9.70. The molecule has 0 N–H and O–H groups in total. The average Bonchev–Trinajstić information content (AvgIpc) is 2.15. The highest BCUT2D eigenvalue weighted by atomic mass is 19.4. The van der Waals surface area contributed by atoms with Crippen LogP contribution < -0.4 is 4.74 Å². The lowest BCUT2D eigenvalue weighted by molar-refractivity contribution is -0.276. The SMILES string of the molecule is FC(F)(F)Oc1ccc2ncccc2n1. The van der Waals surface area contributed by atoms with Crippen LogP contribution in [-0.2, 0) is 0 Å². The summed E-state index contributed by atoms with van der Waals surface area (Å²) in [4.78, 5) is 7.58. The van der Waals surface area contributed by atoms with E-state index in [1.807, 2.05) is 0 Å². The minimum atomic E-state index is -4.72. The number of aromatic nitrogens is 2. The van der Waals surface area contributed by atoms with Crippen LogP contribution in [0.25, 0.3) is 11.0 Å². The van der Waals surface area contributed by atoms with Gasteiger partial charge >= 0.3 is 6.36 Å². The molecular formula is C9H5F3N2O. The summed E-state index contributed by atoms with van der Waals surface area (Å²) in [5.41, 5.74) is 0.881. The van der Waals surface area contributed by atoms with Crippen molar-refractivity contribution < 1.29 is 17.9 Å². The third-order valence-corrected chi connectivity index (χ3v) is 1.65. The van der Waals surface area contributed by atoms with E-state index in [1.54, 1.807) is 12.1 Å². The van der Waals surface area contributed by atoms with Crippen molar-refractivity contribution in [3.8, 4) is 5.88 Å². The van der Waals surface area contributed by atoms with Gasteiger partial charge in [0.05, 0.1) is 11.0 Å². The number of hydrogen-bond donors (Lipinski definition) is 0. The molecule has 2 rings (SSSR count). The highest BCUT2D eigenvalue weighted by molar-refractivity contribution is 5.74. The van der Waals surface area contributed by atoms with E-state index >= 15 is 0 Å². The lowest BCUT2D eigenvalue weighted by atomic mass is 10.3. The summed E-state index contributed by atoms with van der Waals surface area (Å²) < 4.78 is 39.3. The molecular weight excluding hydrogens is 209 g/mol. The number of rotatable bonds is 1. The van der Waals surface area contributed by atoms with E-state index in [4.69, 9.17) is 0 Å². The fraction of sp³-hybridized carbons (Fsp3) is 0.111. The summed E-state index contributed by atoms with van der Waals surface area (Å²) in [5.74, 6) is -0.483. The van der Waals surface area contributed by atoms with Crippen molar-refractivity contribution in [2.75, 3.05) is 0 Å². The smallest absolute Gasteiger partial charge is 0.388 e. The Morgan fingerprint density at radius 3 is 2.60 bits per heavy atom. The first-order chi connectivity index (χ1) is 7.04. The van der Waals surface area contributed by atoms with Gasteiger partial charge in [-0.15, -0.1) is 13.2 Å². The Kier molecular flexibility index (Phi) is 2.18. The van der Waals surface area contributed by atoms with Crippen LogP contribution >= 0.6 is 0 Å². The van der Waals surface area contributed by atoms with E-state index in [9.17, 15) is 13.2 Å². The fourth-order valence-corrected chi connectivity index (χ4v) is 1.11. The number of fused-ring (bicyclic) bond motifs is 1. The van der Waals surface area contributed by atoms with Crippen molar-refractivity contribution in [1.82, 2.24) is 9.97 Å². The second kappa shape index (κ2) is 3.38. The highest BCUT2D eigenvalue weighted by Crippen LogP contribution is 2.22. The maximum atomic E-state index is 11.9. The highest BCUT2D eigenvalue weighted by Gasteiger charge is 2.31. The van der Waals surface area contributed by atoms with Crippen LogP contribution in [0.1, 0.15) is 0 Å². The molecule has 3 nitrogen and oxygen atoms in total. The van der Waals surface area contributed by atoms with E-state index in [0.29, 0.717) is 11.0 Å². The molecule has 0 fully saturated rings. The maximum absolute atomic E-state index is 11.9. The normalized spacial score (nSPS) is 11.7. The molecule has 0 unspecified atom stereocenters. The van der Waals surface area contributed by atoms with Gasteiger partial charge < -0.3 is 4.74 Å². The standard InChI is InChI=1S/C9H5F3N2O/c10-9(11,12)15-8-4-3-6-7(14-8)2-1-5-13-6/h1-5H. The number of alkyl halides is 3. The van der Waals surface area contributed by atoms with Crippen LogP contribution in [0.3, 0.4) is 0 Å². The van der Waals surface area contributed by atoms with Gasteiger partial charge in [-0.25, -0.2) is 4.98 Å². The second-order valence-electron chi connectivity index (χ2n) is 2.74. The molecule has 2 heterocycles. The molecule has 0 spiro atoms. The molecule has 0 aliphatic heterocycles. The Morgan fingerprint density at radius 2 is 1.87 bits per heavy atom. The summed E-state index contributed by atoms with van der Waals surface area (Å²) in [7, 11) is 0. The quantitative estimate of drug-likeness (QED) is 0.731. The van der Waals surface area contributed by atoms with Crippen molar-refractivity contribution in [3.05, 3.63) is 30.5 Å². The van der Waals surface area contributed by atoms with Crippen LogP contribution in [0.5, 0.6) is 5.88 Å². The Bertz CT molecular complexity index is 484. The molecule has 78 valence electrons. The minimum Gasteiger partial charge on any atom is -0.388 e.